The van der Waals surface area contributed by atoms with Gasteiger partial charge in [0.1, 0.15) is 0 Å². The van der Waals surface area contributed by atoms with Crippen molar-refractivity contribution in [2.24, 2.45) is 0 Å². The van der Waals surface area contributed by atoms with E-state index < -0.39 is 10.0 Å². The molecule has 0 radical (unpaired) electrons. The standard InChI is InChI=1S/C21H15NO3S/c23-14-16-12-13-21(19-10-4-3-8-17(16)19)26(24,25)22-20-11-5-7-15-6-1-2-9-18(15)20/h1-14,22H. The molecule has 0 bridgehead atoms. The van der Waals surface area contributed by atoms with Crippen LogP contribution < -0.4 is 4.72 Å². The first kappa shape index (κ1) is 16.3. The van der Waals surface area contributed by atoms with Crippen molar-refractivity contribution in [1.29, 1.82) is 0 Å². The second-order valence-corrected chi connectivity index (χ2v) is 7.60. The summed E-state index contributed by atoms with van der Waals surface area (Å²) in [4.78, 5) is 11.4. The zero-order valence-corrected chi connectivity index (χ0v) is 14.5. The number of anilines is 1. The van der Waals surface area contributed by atoms with Gasteiger partial charge in [-0.05, 0) is 29.0 Å². The molecule has 0 amide bonds. The number of sulfonamides is 1. The molecule has 0 heterocycles. The monoisotopic (exact) mass is 361 g/mol. The summed E-state index contributed by atoms with van der Waals surface area (Å²) in [7, 11) is -3.82. The van der Waals surface area contributed by atoms with Gasteiger partial charge in [0.15, 0.2) is 6.29 Å². The van der Waals surface area contributed by atoms with Crippen LogP contribution >= 0.6 is 0 Å². The maximum atomic E-state index is 13.1. The Labute approximate surface area is 151 Å². The fraction of sp³-hybridized carbons (Fsp3) is 0. The third kappa shape index (κ3) is 2.72. The highest BCUT2D eigenvalue weighted by Crippen LogP contribution is 2.29. The fourth-order valence-electron chi connectivity index (χ4n) is 3.15. The van der Waals surface area contributed by atoms with Crippen molar-refractivity contribution in [3.8, 4) is 0 Å². The number of hydrogen-bond acceptors (Lipinski definition) is 3. The summed E-state index contributed by atoms with van der Waals surface area (Å²) in [6.45, 7) is 0. The van der Waals surface area contributed by atoms with Crippen molar-refractivity contribution >= 4 is 43.5 Å². The minimum absolute atomic E-state index is 0.145. The fourth-order valence-corrected chi connectivity index (χ4v) is 4.44. The van der Waals surface area contributed by atoms with Crippen LogP contribution in [0.25, 0.3) is 21.5 Å². The number of carbonyl (C=O) groups is 1. The molecular formula is C21H15NO3S. The number of rotatable bonds is 4. The van der Waals surface area contributed by atoms with Crippen molar-refractivity contribution in [1.82, 2.24) is 0 Å². The Morgan fingerprint density at radius 2 is 1.35 bits per heavy atom. The Kier molecular flexibility index (Phi) is 3.93. The highest BCUT2D eigenvalue weighted by atomic mass is 32.2. The molecule has 0 saturated heterocycles. The molecule has 0 aliphatic heterocycles. The molecule has 4 aromatic rings. The van der Waals surface area contributed by atoms with Gasteiger partial charge in [-0.25, -0.2) is 8.42 Å². The first-order valence-corrected chi connectivity index (χ1v) is 9.56. The van der Waals surface area contributed by atoms with Crippen molar-refractivity contribution in [3.05, 3.63) is 84.4 Å². The van der Waals surface area contributed by atoms with Gasteiger partial charge in [0.05, 0.1) is 10.6 Å². The van der Waals surface area contributed by atoms with Crippen LogP contribution in [0, 0.1) is 0 Å². The molecule has 4 nitrogen and oxygen atoms in total. The van der Waals surface area contributed by atoms with Gasteiger partial charge in [-0.3, -0.25) is 9.52 Å². The molecule has 0 aliphatic carbocycles. The minimum Gasteiger partial charge on any atom is -0.298 e. The Bertz CT molecular complexity index is 1240. The van der Waals surface area contributed by atoms with E-state index in [1.54, 1.807) is 30.3 Å². The Morgan fingerprint density at radius 3 is 2.12 bits per heavy atom. The van der Waals surface area contributed by atoms with E-state index in [1.807, 2.05) is 36.4 Å². The SMILES string of the molecule is O=Cc1ccc(S(=O)(=O)Nc2cccc3ccccc23)c2ccccc12. The molecule has 0 unspecified atom stereocenters. The zero-order valence-electron chi connectivity index (χ0n) is 13.7. The van der Waals surface area contributed by atoms with Gasteiger partial charge >= 0.3 is 0 Å². The van der Waals surface area contributed by atoms with E-state index in [4.69, 9.17) is 0 Å². The van der Waals surface area contributed by atoms with Crippen LogP contribution in [0.1, 0.15) is 10.4 Å². The molecule has 0 aromatic heterocycles. The van der Waals surface area contributed by atoms with Gasteiger partial charge in [0, 0.05) is 16.3 Å². The third-order valence-electron chi connectivity index (χ3n) is 4.37. The van der Waals surface area contributed by atoms with Gasteiger partial charge in [0.2, 0.25) is 0 Å². The lowest BCUT2D eigenvalue weighted by Gasteiger charge is -2.13. The number of nitrogens with one attached hydrogen (secondary N) is 1. The van der Waals surface area contributed by atoms with E-state index in [0.717, 1.165) is 17.1 Å². The molecule has 0 fully saturated rings. The molecule has 0 aliphatic rings. The minimum atomic E-state index is -3.82. The topological polar surface area (TPSA) is 63.2 Å². The van der Waals surface area contributed by atoms with E-state index in [-0.39, 0.29) is 4.90 Å². The molecule has 0 atom stereocenters. The molecule has 128 valence electrons. The summed E-state index contributed by atoms with van der Waals surface area (Å²) in [5.74, 6) is 0. The highest BCUT2D eigenvalue weighted by molar-refractivity contribution is 7.93. The zero-order chi connectivity index (χ0) is 18.1. The van der Waals surface area contributed by atoms with Crippen LogP contribution in [0.3, 0.4) is 0 Å². The second-order valence-electron chi connectivity index (χ2n) is 5.95. The lowest BCUT2D eigenvalue weighted by Crippen LogP contribution is -2.14. The van der Waals surface area contributed by atoms with Crippen LogP contribution in [-0.4, -0.2) is 14.7 Å². The summed E-state index contributed by atoms with van der Waals surface area (Å²) < 4.78 is 28.8. The number of fused-ring (bicyclic) bond motifs is 2. The van der Waals surface area contributed by atoms with Gasteiger partial charge < -0.3 is 0 Å². The van der Waals surface area contributed by atoms with Crippen LogP contribution in [-0.2, 0) is 10.0 Å². The number of hydrogen-bond donors (Lipinski definition) is 1. The summed E-state index contributed by atoms with van der Waals surface area (Å²) in [5.41, 5.74) is 0.983. The molecule has 0 spiro atoms. The smallest absolute Gasteiger partial charge is 0.262 e. The lowest BCUT2D eigenvalue weighted by molar-refractivity contribution is 0.112. The Balaban J connectivity index is 1.88. The van der Waals surface area contributed by atoms with Crippen LogP contribution in [0.15, 0.2) is 83.8 Å². The molecule has 4 aromatic carbocycles. The quantitative estimate of drug-likeness (QED) is 0.540. The van der Waals surface area contributed by atoms with Crippen molar-refractivity contribution in [2.75, 3.05) is 4.72 Å². The normalized spacial score (nSPS) is 11.5. The van der Waals surface area contributed by atoms with Crippen molar-refractivity contribution < 1.29 is 13.2 Å². The first-order chi connectivity index (χ1) is 12.6. The van der Waals surface area contributed by atoms with Gasteiger partial charge in [-0.1, -0.05) is 60.7 Å². The predicted octanol–water partition coefficient (Wildman–Crippen LogP) is 4.61. The summed E-state index contributed by atoms with van der Waals surface area (Å²) in [6, 6.07) is 23.1. The lowest BCUT2D eigenvalue weighted by atomic mass is 10.1. The highest BCUT2D eigenvalue weighted by Gasteiger charge is 2.19. The largest absolute Gasteiger partial charge is 0.298 e. The van der Waals surface area contributed by atoms with E-state index in [0.29, 0.717) is 22.0 Å². The second kappa shape index (κ2) is 6.28. The maximum Gasteiger partial charge on any atom is 0.262 e. The summed E-state index contributed by atoms with van der Waals surface area (Å²) in [5, 5.41) is 2.91. The Morgan fingerprint density at radius 1 is 0.692 bits per heavy atom. The molecule has 5 heteroatoms. The van der Waals surface area contributed by atoms with E-state index >= 15 is 0 Å². The van der Waals surface area contributed by atoms with Crippen LogP contribution in [0.5, 0.6) is 0 Å². The molecule has 0 saturated carbocycles. The van der Waals surface area contributed by atoms with E-state index in [2.05, 4.69) is 4.72 Å². The number of aldehydes is 1. The molecular weight excluding hydrogens is 346 g/mol. The first-order valence-electron chi connectivity index (χ1n) is 8.08. The summed E-state index contributed by atoms with van der Waals surface area (Å²) in [6.07, 6.45) is 0.733. The third-order valence-corrected chi connectivity index (χ3v) is 5.79. The average Bonchev–Trinajstić information content (AvgIpc) is 2.67. The van der Waals surface area contributed by atoms with Crippen molar-refractivity contribution in [2.45, 2.75) is 4.90 Å². The van der Waals surface area contributed by atoms with Crippen molar-refractivity contribution in [3.63, 3.8) is 0 Å². The molecule has 4 rings (SSSR count). The number of carbonyl (C=O) groups excluding carboxylic acids is 1. The number of benzene rings is 4. The van der Waals surface area contributed by atoms with Gasteiger partial charge in [-0.15, -0.1) is 0 Å². The van der Waals surface area contributed by atoms with E-state index in [1.165, 1.54) is 12.1 Å². The van der Waals surface area contributed by atoms with Crippen LogP contribution in [0.2, 0.25) is 0 Å². The van der Waals surface area contributed by atoms with Crippen LogP contribution in [0.4, 0.5) is 5.69 Å². The molecule has 26 heavy (non-hydrogen) atoms. The van der Waals surface area contributed by atoms with Gasteiger partial charge in [-0.2, -0.15) is 0 Å². The van der Waals surface area contributed by atoms with E-state index in [9.17, 15) is 13.2 Å². The maximum absolute atomic E-state index is 13.1. The summed E-state index contributed by atoms with van der Waals surface area (Å²) >= 11 is 0. The predicted molar refractivity (Wildman–Crippen MR) is 104 cm³/mol. The van der Waals surface area contributed by atoms with Gasteiger partial charge in [0.25, 0.3) is 10.0 Å². The average molecular weight is 361 g/mol. The Hall–Kier alpha value is -3.18. The molecule has 1 N–H and O–H groups in total.